The summed E-state index contributed by atoms with van der Waals surface area (Å²) in [5.41, 5.74) is 2.81. The molecule has 2 aliphatic rings. The maximum atomic E-state index is 13.2. The third-order valence-corrected chi connectivity index (χ3v) is 8.26. The van der Waals surface area contributed by atoms with Crippen LogP contribution in [0.3, 0.4) is 0 Å². The number of hydrogen-bond acceptors (Lipinski definition) is 4. The molecule has 1 aromatic rings. The van der Waals surface area contributed by atoms with E-state index in [9.17, 15) is 4.79 Å². The molecule has 2 aliphatic heterocycles. The Morgan fingerprint density at radius 2 is 1.87 bits per heavy atom. The van der Waals surface area contributed by atoms with Gasteiger partial charge in [-0.2, -0.15) is 0 Å². The SMILES string of the molecule is CCCC(CC)N1CCN(C(=O)CN2CCc3ccc(SC)cc3C2(C)CC)CC1. The molecule has 168 valence electrons. The van der Waals surface area contributed by atoms with Crippen molar-refractivity contribution < 1.29 is 4.79 Å². The van der Waals surface area contributed by atoms with Gasteiger partial charge in [-0.1, -0.05) is 33.3 Å². The predicted octanol–water partition coefficient (Wildman–Crippen LogP) is 4.61. The van der Waals surface area contributed by atoms with E-state index in [0.29, 0.717) is 18.5 Å². The Bertz CT molecular complexity index is 716. The van der Waals surface area contributed by atoms with Crippen LogP contribution in [0.1, 0.15) is 64.5 Å². The summed E-state index contributed by atoms with van der Waals surface area (Å²) < 4.78 is 0. The van der Waals surface area contributed by atoms with Gasteiger partial charge in [-0.3, -0.25) is 14.6 Å². The fraction of sp³-hybridized carbons (Fsp3) is 0.720. The van der Waals surface area contributed by atoms with E-state index >= 15 is 0 Å². The van der Waals surface area contributed by atoms with Crippen molar-refractivity contribution in [1.29, 1.82) is 0 Å². The molecule has 3 rings (SSSR count). The minimum atomic E-state index is -0.0642. The van der Waals surface area contributed by atoms with Gasteiger partial charge in [0, 0.05) is 49.2 Å². The third-order valence-electron chi connectivity index (χ3n) is 7.54. The maximum Gasteiger partial charge on any atom is 0.236 e. The van der Waals surface area contributed by atoms with E-state index in [1.807, 2.05) is 0 Å². The molecular formula is C25H41N3OS. The number of rotatable bonds is 8. The minimum Gasteiger partial charge on any atom is -0.339 e. The first-order valence-corrected chi connectivity index (χ1v) is 13.1. The van der Waals surface area contributed by atoms with Crippen LogP contribution in [0, 0.1) is 0 Å². The van der Waals surface area contributed by atoms with E-state index in [2.05, 4.69) is 66.8 Å². The summed E-state index contributed by atoms with van der Waals surface area (Å²) in [7, 11) is 0. The van der Waals surface area contributed by atoms with Crippen molar-refractivity contribution in [3.05, 3.63) is 29.3 Å². The normalized spacial score (nSPS) is 24.0. The number of carbonyl (C=O) groups excluding carboxylic acids is 1. The zero-order valence-electron chi connectivity index (χ0n) is 19.7. The Morgan fingerprint density at radius 3 is 2.47 bits per heavy atom. The van der Waals surface area contributed by atoms with E-state index in [4.69, 9.17) is 0 Å². The number of carbonyl (C=O) groups is 1. The molecule has 1 saturated heterocycles. The summed E-state index contributed by atoms with van der Waals surface area (Å²) in [5.74, 6) is 0.308. The predicted molar refractivity (Wildman–Crippen MR) is 128 cm³/mol. The molecule has 0 saturated carbocycles. The first kappa shape index (κ1) is 23.6. The lowest BCUT2D eigenvalue weighted by Crippen LogP contribution is -2.56. The van der Waals surface area contributed by atoms with Crippen molar-refractivity contribution >= 4 is 17.7 Å². The molecule has 0 radical (unpaired) electrons. The van der Waals surface area contributed by atoms with Crippen LogP contribution in [0.2, 0.25) is 0 Å². The zero-order valence-corrected chi connectivity index (χ0v) is 20.6. The molecule has 0 spiro atoms. The topological polar surface area (TPSA) is 26.8 Å². The molecule has 2 heterocycles. The molecule has 5 heteroatoms. The molecule has 30 heavy (non-hydrogen) atoms. The lowest BCUT2D eigenvalue weighted by molar-refractivity contribution is -0.136. The van der Waals surface area contributed by atoms with Crippen molar-refractivity contribution in [3.63, 3.8) is 0 Å². The molecular weight excluding hydrogens is 390 g/mol. The summed E-state index contributed by atoms with van der Waals surface area (Å²) in [4.78, 5) is 21.7. The second-order valence-electron chi connectivity index (χ2n) is 9.09. The first-order chi connectivity index (χ1) is 14.5. The van der Waals surface area contributed by atoms with Gasteiger partial charge in [0.25, 0.3) is 0 Å². The van der Waals surface area contributed by atoms with E-state index < -0.39 is 0 Å². The van der Waals surface area contributed by atoms with E-state index in [1.165, 1.54) is 35.3 Å². The quantitative estimate of drug-likeness (QED) is 0.562. The van der Waals surface area contributed by atoms with Gasteiger partial charge in [0.1, 0.15) is 0 Å². The molecule has 2 atom stereocenters. The number of fused-ring (bicyclic) bond motifs is 1. The number of nitrogens with zero attached hydrogens (tertiary/aromatic N) is 3. The van der Waals surface area contributed by atoms with Crippen LogP contribution >= 0.6 is 11.8 Å². The van der Waals surface area contributed by atoms with Crippen LogP contribution in [0.5, 0.6) is 0 Å². The Labute approximate surface area is 188 Å². The van der Waals surface area contributed by atoms with Gasteiger partial charge in [-0.15, -0.1) is 11.8 Å². The second kappa shape index (κ2) is 10.5. The summed E-state index contributed by atoms with van der Waals surface area (Å²) >= 11 is 1.80. The summed E-state index contributed by atoms with van der Waals surface area (Å²) in [6.07, 6.45) is 7.91. The van der Waals surface area contributed by atoms with Gasteiger partial charge in [-0.25, -0.2) is 0 Å². The highest BCUT2D eigenvalue weighted by Crippen LogP contribution is 2.39. The number of thioether (sulfide) groups is 1. The maximum absolute atomic E-state index is 13.2. The average molecular weight is 432 g/mol. The monoisotopic (exact) mass is 431 g/mol. The number of hydrogen-bond donors (Lipinski definition) is 0. The molecule has 1 aromatic carbocycles. The van der Waals surface area contributed by atoms with E-state index in [1.54, 1.807) is 11.8 Å². The number of piperazine rings is 1. The molecule has 0 bridgehead atoms. The molecule has 1 fully saturated rings. The van der Waals surface area contributed by atoms with Gasteiger partial charge >= 0.3 is 0 Å². The van der Waals surface area contributed by atoms with Gasteiger partial charge in [0.05, 0.1) is 6.54 Å². The summed E-state index contributed by atoms with van der Waals surface area (Å²) in [6, 6.07) is 7.58. The Morgan fingerprint density at radius 1 is 1.13 bits per heavy atom. The summed E-state index contributed by atoms with van der Waals surface area (Å²) in [5, 5.41) is 0. The lowest BCUT2D eigenvalue weighted by Gasteiger charge is -2.47. The van der Waals surface area contributed by atoms with Crippen LogP contribution in [0.15, 0.2) is 23.1 Å². The first-order valence-electron chi connectivity index (χ1n) is 11.9. The molecule has 4 nitrogen and oxygen atoms in total. The number of amides is 1. The molecule has 0 aliphatic carbocycles. The third kappa shape index (κ3) is 4.89. The molecule has 0 aromatic heterocycles. The standard InChI is InChI=1S/C25H41N3OS/c1-6-9-21(7-2)26-14-16-27(17-15-26)24(29)19-28-13-12-20-10-11-22(30-5)18-23(20)25(28,4)8-3/h10-11,18,21H,6-9,12-17,19H2,1-5H3. The van der Waals surface area contributed by atoms with Gasteiger partial charge in [-0.05, 0) is 62.1 Å². The number of benzene rings is 1. The highest BCUT2D eigenvalue weighted by Gasteiger charge is 2.39. The van der Waals surface area contributed by atoms with Crippen LogP contribution in [0.4, 0.5) is 0 Å². The zero-order chi connectivity index (χ0) is 21.7. The van der Waals surface area contributed by atoms with E-state index in [0.717, 1.165) is 45.6 Å². The molecule has 0 N–H and O–H groups in total. The Kier molecular flexibility index (Phi) is 8.28. The van der Waals surface area contributed by atoms with Gasteiger partial charge < -0.3 is 4.90 Å². The Hall–Kier alpha value is -1.04. The molecule has 1 amide bonds. The average Bonchev–Trinajstić information content (AvgIpc) is 2.79. The van der Waals surface area contributed by atoms with Gasteiger partial charge in [0.2, 0.25) is 5.91 Å². The smallest absolute Gasteiger partial charge is 0.236 e. The summed E-state index contributed by atoms with van der Waals surface area (Å²) in [6.45, 7) is 14.5. The minimum absolute atomic E-state index is 0.0642. The van der Waals surface area contributed by atoms with Crippen LogP contribution in [-0.2, 0) is 16.8 Å². The van der Waals surface area contributed by atoms with Crippen molar-refractivity contribution in [2.24, 2.45) is 0 Å². The largest absolute Gasteiger partial charge is 0.339 e. The highest BCUT2D eigenvalue weighted by atomic mass is 32.2. The van der Waals surface area contributed by atoms with Gasteiger partial charge in [0.15, 0.2) is 0 Å². The van der Waals surface area contributed by atoms with Crippen molar-refractivity contribution in [2.45, 2.75) is 76.3 Å². The fourth-order valence-corrected chi connectivity index (χ4v) is 5.76. The van der Waals surface area contributed by atoms with Crippen LogP contribution in [-0.4, -0.2) is 72.2 Å². The highest BCUT2D eigenvalue weighted by molar-refractivity contribution is 7.98. The van der Waals surface area contributed by atoms with Crippen molar-refractivity contribution in [3.8, 4) is 0 Å². The second-order valence-corrected chi connectivity index (χ2v) is 9.97. The Balaban J connectivity index is 1.65. The fourth-order valence-electron chi connectivity index (χ4n) is 5.32. The van der Waals surface area contributed by atoms with Crippen molar-refractivity contribution in [1.82, 2.24) is 14.7 Å². The van der Waals surface area contributed by atoms with Crippen molar-refractivity contribution in [2.75, 3.05) is 45.5 Å². The van der Waals surface area contributed by atoms with E-state index in [-0.39, 0.29) is 5.54 Å². The van der Waals surface area contributed by atoms with Crippen LogP contribution < -0.4 is 0 Å². The van der Waals surface area contributed by atoms with Crippen LogP contribution in [0.25, 0.3) is 0 Å². The molecule has 2 unspecified atom stereocenters. The lowest BCUT2D eigenvalue weighted by atomic mass is 9.80.